The highest BCUT2D eigenvalue weighted by Gasteiger charge is 2.18. The van der Waals surface area contributed by atoms with E-state index in [0.717, 1.165) is 6.42 Å². The van der Waals surface area contributed by atoms with Crippen LogP contribution in [0, 0.1) is 5.92 Å². The van der Waals surface area contributed by atoms with Crippen molar-refractivity contribution in [2.24, 2.45) is 11.7 Å². The molecule has 104 valence electrons. The number of nitrogens with one attached hydrogen (secondary N) is 1. The van der Waals surface area contributed by atoms with Gasteiger partial charge in [-0.3, -0.25) is 4.79 Å². The maximum absolute atomic E-state index is 11.9. The number of carbonyl (C=O) groups excluding carboxylic acids is 1. The number of benzene rings is 1. The van der Waals surface area contributed by atoms with Gasteiger partial charge in [-0.05, 0) is 18.1 Å². The molecule has 3 N–H and O–H groups in total. The quantitative estimate of drug-likeness (QED) is 0.872. The van der Waals surface area contributed by atoms with Crippen LogP contribution in [-0.4, -0.2) is 25.2 Å². The van der Waals surface area contributed by atoms with Crippen LogP contribution in [0.2, 0.25) is 0 Å². The van der Waals surface area contributed by atoms with Gasteiger partial charge in [0.1, 0.15) is 0 Å². The van der Waals surface area contributed by atoms with Gasteiger partial charge in [0.15, 0.2) is 11.5 Å². The maximum atomic E-state index is 11.9. The van der Waals surface area contributed by atoms with Gasteiger partial charge in [0.2, 0.25) is 5.91 Å². The van der Waals surface area contributed by atoms with Gasteiger partial charge >= 0.3 is 0 Å². The number of carbonyl (C=O) groups is 1. The summed E-state index contributed by atoms with van der Waals surface area (Å²) in [6.45, 7) is 5.10. The van der Waals surface area contributed by atoms with Crippen LogP contribution < -0.4 is 20.5 Å². The highest BCUT2D eigenvalue weighted by atomic mass is 16.5. The van der Waals surface area contributed by atoms with Gasteiger partial charge < -0.3 is 20.5 Å². The molecule has 1 aliphatic heterocycles. The molecule has 2 rings (SSSR count). The molecule has 5 heteroatoms. The second-order valence-electron chi connectivity index (χ2n) is 4.97. The van der Waals surface area contributed by atoms with Crippen LogP contribution in [0.5, 0.6) is 11.5 Å². The van der Waals surface area contributed by atoms with Crippen molar-refractivity contribution in [3.8, 4) is 11.5 Å². The standard InChI is InChI=1S/C14H20N2O3/c1-9(2)13(15)14(17)16-10-4-5-11-12(8-10)19-7-3-6-18-11/h4-5,8-9,13H,3,6-7,15H2,1-2H3,(H,16,17). The monoisotopic (exact) mass is 264 g/mol. The maximum Gasteiger partial charge on any atom is 0.241 e. The first-order valence-electron chi connectivity index (χ1n) is 6.54. The largest absolute Gasteiger partial charge is 0.490 e. The summed E-state index contributed by atoms with van der Waals surface area (Å²) in [7, 11) is 0. The molecule has 1 unspecified atom stereocenters. The first-order valence-corrected chi connectivity index (χ1v) is 6.54. The smallest absolute Gasteiger partial charge is 0.241 e. The molecule has 1 atom stereocenters. The van der Waals surface area contributed by atoms with Crippen LogP contribution >= 0.6 is 0 Å². The molecule has 1 aliphatic rings. The van der Waals surface area contributed by atoms with Crippen LogP contribution in [0.1, 0.15) is 20.3 Å². The minimum Gasteiger partial charge on any atom is -0.490 e. The summed E-state index contributed by atoms with van der Waals surface area (Å²) in [5, 5.41) is 2.79. The van der Waals surface area contributed by atoms with Gasteiger partial charge in [-0.2, -0.15) is 0 Å². The molecule has 0 aromatic heterocycles. The summed E-state index contributed by atoms with van der Waals surface area (Å²) in [6, 6.07) is 4.84. The molecular weight excluding hydrogens is 244 g/mol. The molecule has 0 aliphatic carbocycles. The van der Waals surface area contributed by atoms with Crippen molar-refractivity contribution in [2.45, 2.75) is 26.3 Å². The third-order valence-electron chi connectivity index (χ3n) is 3.04. The van der Waals surface area contributed by atoms with E-state index < -0.39 is 6.04 Å². The lowest BCUT2D eigenvalue weighted by Gasteiger charge is -2.16. The van der Waals surface area contributed by atoms with Crippen molar-refractivity contribution in [3.63, 3.8) is 0 Å². The van der Waals surface area contributed by atoms with Gasteiger partial charge in [0.05, 0.1) is 19.3 Å². The van der Waals surface area contributed by atoms with Crippen molar-refractivity contribution in [1.29, 1.82) is 0 Å². The van der Waals surface area contributed by atoms with Crippen molar-refractivity contribution in [2.75, 3.05) is 18.5 Å². The Bertz CT molecular complexity index is 460. The lowest BCUT2D eigenvalue weighted by molar-refractivity contribution is -0.118. The fraction of sp³-hybridized carbons (Fsp3) is 0.500. The predicted octanol–water partition coefficient (Wildman–Crippen LogP) is 1.77. The molecule has 1 aromatic carbocycles. The van der Waals surface area contributed by atoms with Crippen LogP contribution in [-0.2, 0) is 4.79 Å². The average molecular weight is 264 g/mol. The van der Waals surface area contributed by atoms with Crippen molar-refractivity contribution < 1.29 is 14.3 Å². The Morgan fingerprint density at radius 2 is 1.95 bits per heavy atom. The van der Waals surface area contributed by atoms with Crippen molar-refractivity contribution >= 4 is 11.6 Å². The number of anilines is 1. The average Bonchev–Trinajstić information content (AvgIpc) is 2.62. The van der Waals surface area contributed by atoms with E-state index in [9.17, 15) is 4.79 Å². The minimum absolute atomic E-state index is 0.0976. The molecule has 5 nitrogen and oxygen atoms in total. The highest BCUT2D eigenvalue weighted by molar-refractivity contribution is 5.95. The molecule has 1 amide bonds. The number of ether oxygens (including phenoxy) is 2. The normalized spacial score (nSPS) is 15.8. The van der Waals surface area contributed by atoms with Gasteiger partial charge in [-0.15, -0.1) is 0 Å². The first kappa shape index (κ1) is 13.7. The second-order valence-corrected chi connectivity index (χ2v) is 4.97. The SMILES string of the molecule is CC(C)C(N)C(=O)Nc1ccc2c(c1)OCCCO2. The zero-order valence-corrected chi connectivity index (χ0v) is 11.3. The van der Waals surface area contributed by atoms with Crippen LogP contribution in [0.15, 0.2) is 18.2 Å². The molecule has 0 saturated carbocycles. The van der Waals surface area contributed by atoms with E-state index in [-0.39, 0.29) is 11.8 Å². The number of hydrogen-bond donors (Lipinski definition) is 2. The van der Waals surface area contributed by atoms with Gasteiger partial charge in [-0.1, -0.05) is 13.8 Å². The van der Waals surface area contributed by atoms with E-state index in [0.29, 0.717) is 30.4 Å². The number of rotatable bonds is 3. The first-order chi connectivity index (χ1) is 9.08. The summed E-state index contributed by atoms with van der Waals surface area (Å²) in [6.07, 6.45) is 0.856. The number of amides is 1. The molecular formula is C14H20N2O3. The van der Waals surface area contributed by atoms with Crippen LogP contribution in [0.3, 0.4) is 0 Å². The molecule has 0 fully saturated rings. The van der Waals surface area contributed by atoms with E-state index in [2.05, 4.69) is 5.32 Å². The van der Waals surface area contributed by atoms with E-state index in [1.54, 1.807) is 18.2 Å². The Morgan fingerprint density at radius 1 is 1.26 bits per heavy atom. The summed E-state index contributed by atoms with van der Waals surface area (Å²) in [4.78, 5) is 11.9. The van der Waals surface area contributed by atoms with Gasteiger partial charge in [0.25, 0.3) is 0 Å². The zero-order chi connectivity index (χ0) is 13.8. The summed E-state index contributed by atoms with van der Waals surface area (Å²) in [5.41, 5.74) is 6.47. The topological polar surface area (TPSA) is 73.6 Å². The molecule has 1 aromatic rings. The number of nitrogens with two attached hydrogens (primary N) is 1. The number of hydrogen-bond acceptors (Lipinski definition) is 4. The van der Waals surface area contributed by atoms with E-state index in [1.807, 2.05) is 13.8 Å². The van der Waals surface area contributed by atoms with Crippen molar-refractivity contribution in [1.82, 2.24) is 0 Å². The summed E-state index contributed by atoms with van der Waals surface area (Å²) >= 11 is 0. The van der Waals surface area contributed by atoms with E-state index in [1.165, 1.54) is 0 Å². The lowest BCUT2D eigenvalue weighted by atomic mass is 10.0. The third-order valence-corrected chi connectivity index (χ3v) is 3.04. The van der Waals surface area contributed by atoms with Crippen molar-refractivity contribution in [3.05, 3.63) is 18.2 Å². The lowest BCUT2D eigenvalue weighted by Crippen LogP contribution is -2.39. The molecule has 1 heterocycles. The fourth-order valence-electron chi connectivity index (χ4n) is 1.77. The molecule has 0 saturated heterocycles. The Kier molecular flexibility index (Phi) is 4.27. The zero-order valence-electron chi connectivity index (χ0n) is 11.3. The Labute approximate surface area is 113 Å². The molecule has 0 spiro atoms. The van der Waals surface area contributed by atoms with Crippen LogP contribution in [0.25, 0.3) is 0 Å². The third kappa shape index (κ3) is 3.38. The Balaban J connectivity index is 2.09. The summed E-state index contributed by atoms with van der Waals surface area (Å²) < 4.78 is 11.1. The summed E-state index contributed by atoms with van der Waals surface area (Å²) in [5.74, 6) is 1.28. The van der Waals surface area contributed by atoms with E-state index >= 15 is 0 Å². The second kappa shape index (κ2) is 5.93. The molecule has 0 bridgehead atoms. The van der Waals surface area contributed by atoms with Gasteiger partial charge in [-0.25, -0.2) is 0 Å². The van der Waals surface area contributed by atoms with Crippen LogP contribution in [0.4, 0.5) is 5.69 Å². The Hall–Kier alpha value is -1.75. The molecule has 0 radical (unpaired) electrons. The van der Waals surface area contributed by atoms with E-state index in [4.69, 9.17) is 15.2 Å². The number of fused-ring (bicyclic) bond motifs is 1. The molecule has 19 heavy (non-hydrogen) atoms. The Morgan fingerprint density at radius 3 is 2.63 bits per heavy atom. The van der Waals surface area contributed by atoms with Gasteiger partial charge in [0, 0.05) is 18.2 Å². The predicted molar refractivity (Wildman–Crippen MR) is 73.5 cm³/mol. The highest BCUT2D eigenvalue weighted by Crippen LogP contribution is 2.32. The minimum atomic E-state index is -0.518. The fourth-order valence-corrected chi connectivity index (χ4v) is 1.77.